The smallest absolute Gasteiger partial charge is 0.207 e. The summed E-state index contributed by atoms with van der Waals surface area (Å²) < 4.78 is 64.7. The van der Waals surface area contributed by atoms with Crippen LogP contribution in [0, 0.1) is 17.5 Å². The molecule has 0 fully saturated rings. The number of halogens is 4. The summed E-state index contributed by atoms with van der Waals surface area (Å²) in [5.41, 5.74) is 0. The van der Waals surface area contributed by atoms with Crippen molar-refractivity contribution in [2.75, 3.05) is 19.5 Å². The van der Waals surface area contributed by atoms with Crippen molar-refractivity contribution in [1.29, 1.82) is 0 Å². The number of benzene rings is 1. The van der Waals surface area contributed by atoms with Crippen molar-refractivity contribution in [3.8, 4) is 0 Å². The molecule has 114 valence electrons. The Morgan fingerprint density at radius 3 is 2.15 bits per heavy atom. The highest BCUT2D eigenvalue weighted by Crippen LogP contribution is 2.23. The largest absolute Gasteiger partial charge is 0.248 e. The minimum absolute atomic E-state index is 0.107. The maximum Gasteiger partial charge on any atom is 0.248 e. The third-order valence-corrected chi connectivity index (χ3v) is 4.91. The van der Waals surface area contributed by atoms with E-state index < -0.39 is 32.4 Å². The second kappa shape index (κ2) is 7.28. The molecule has 0 atom stereocenters. The molecule has 20 heavy (non-hydrogen) atoms. The summed E-state index contributed by atoms with van der Waals surface area (Å²) >= 11 is 5.49. The molecular formula is C12H15ClF3NO2S. The van der Waals surface area contributed by atoms with Gasteiger partial charge in [-0.05, 0) is 12.8 Å². The summed E-state index contributed by atoms with van der Waals surface area (Å²) in [6, 6.07) is 0.689. The zero-order valence-electron chi connectivity index (χ0n) is 10.9. The quantitative estimate of drug-likeness (QED) is 0.569. The van der Waals surface area contributed by atoms with Gasteiger partial charge in [0, 0.05) is 31.6 Å². The molecule has 1 rings (SSSR count). The van der Waals surface area contributed by atoms with Crippen LogP contribution in [0.25, 0.3) is 0 Å². The van der Waals surface area contributed by atoms with Crippen molar-refractivity contribution < 1.29 is 21.6 Å². The molecule has 0 aliphatic heterocycles. The monoisotopic (exact) mass is 329 g/mol. The van der Waals surface area contributed by atoms with Gasteiger partial charge >= 0.3 is 0 Å². The maximum absolute atomic E-state index is 13.5. The normalized spacial score (nSPS) is 12.1. The predicted octanol–water partition coefficient (Wildman–Crippen LogP) is 3.13. The second-order valence-electron chi connectivity index (χ2n) is 4.27. The fraction of sp³-hybridized carbons (Fsp3) is 0.500. The maximum atomic E-state index is 13.5. The van der Waals surface area contributed by atoms with Crippen LogP contribution in [0.1, 0.15) is 19.3 Å². The van der Waals surface area contributed by atoms with Crippen LogP contribution in [0.15, 0.2) is 17.0 Å². The lowest BCUT2D eigenvalue weighted by molar-refractivity contribution is 0.436. The van der Waals surface area contributed by atoms with E-state index in [-0.39, 0.29) is 6.54 Å². The first-order valence-electron chi connectivity index (χ1n) is 5.97. The lowest BCUT2D eigenvalue weighted by Gasteiger charge is -2.17. The first-order valence-corrected chi connectivity index (χ1v) is 7.95. The summed E-state index contributed by atoms with van der Waals surface area (Å²) in [7, 11) is -3.10. The third-order valence-electron chi connectivity index (χ3n) is 2.74. The van der Waals surface area contributed by atoms with E-state index >= 15 is 0 Å². The molecule has 0 heterocycles. The van der Waals surface area contributed by atoms with E-state index in [1.807, 2.05) is 0 Å². The number of hydrogen-bond acceptors (Lipinski definition) is 2. The lowest BCUT2D eigenvalue weighted by atomic mass is 10.2. The summed E-state index contributed by atoms with van der Waals surface area (Å²) in [5.74, 6) is -3.56. The average Bonchev–Trinajstić information content (AvgIpc) is 2.32. The molecule has 0 N–H and O–H groups in total. The molecule has 0 aliphatic rings. The minimum atomic E-state index is -4.32. The molecule has 0 bridgehead atoms. The van der Waals surface area contributed by atoms with Crippen molar-refractivity contribution in [3.05, 3.63) is 29.6 Å². The van der Waals surface area contributed by atoms with E-state index in [1.165, 1.54) is 7.05 Å². The zero-order chi connectivity index (χ0) is 15.3. The summed E-state index contributed by atoms with van der Waals surface area (Å²) in [4.78, 5) is -1.13. The summed E-state index contributed by atoms with van der Waals surface area (Å²) in [5, 5.41) is 0. The van der Waals surface area contributed by atoms with Crippen molar-refractivity contribution >= 4 is 21.6 Å². The van der Waals surface area contributed by atoms with Gasteiger partial charge in [0.05, 0.1) is 0 Å². The summed E-state index contributed by atoms with van der Waals surface area (Å²) in [6.07, 6.45) is 1.96. The Bertz CT molecular complexity index is 543. The molecule has 0 aliphatic carbocycles. The van der Waals surface area contributed by atoms with Crippen LogP contribution in [0.4, 0.5) is 13.2 Å². The number of nitrogens with zero attached hydrogens (tertiary/aromatic N) is 1. The second-order valence-corrected chi connectivity index (χ2v) is 6.63. The Kier molecular flexibility index (Phi) is 6.29. The van der Waals surface area contributed by atoms with E-state index in [2.05, 4.69) is 0 Å². The first kappa shape index (κ1) is 17.3. The molecule has 0 saturated heterocycles. The number of rotatable bonds is 7. The Morgan fingerprint density at radius 2 is 1.65 bits per heavy atom. The fourth-order valence-corrected chi connectivity index (χ4v) is 3.14. The van der Waals surface area contributed by atoms with E-state index in [4.69, 9.17) is 11.6 Å². The van der Waals surface area contributed by atoms with Gasteiger partial charge in [-0.15, -0.1) is 11.6 Å². The molecule has 1 aromatic rings. The highest BCUT2D eigenvalue weighted by Gasteiger charge is 2.28. The van der Waals surface area contributed by atoms with Gasteiger partial charge in [0.1, 0.15) is 17.5 Å². The van der Waals surface area contributed by atoms with Crippen molar-refractivity contribution in [2.24, 2.45) is 0 Å². The molecule has 0 saturated carbocycles. The number of sulfonamides is 1. The van der Waals surface area contributed by atoms with Gasteiger partial charge in [0.25, 0.3) is 0 Å². The van der Waals surface area contributed by atoms with Crippen LogP contribution in [-0.2, 0) is 10.0 Å². The van der Waals surface area contributed by atoms with Crippen LogP contribution in [0.2, 0.25) is 0 Å². The van der Waals surface area contributed by atoms with Crippen molar-refractivity contribution in [3.63, 3.8) is 0 Å². The van der Waals surface area contributed by atoms with Crippen LogP contribution < -0.4 is 0 Å². The molecule has 8 heteroatoms. The van der Waals surface area contributed by atoms with E-state index in [9.17, 15) is 21.6 Å². The standard InChI is InChI=1S/C12H15ClF3NO2S/c1-17(6-4-2-3-5-13)20(18,19)12-10(15)7-9(14)8-11(12)16/h7-8H,2-6H2,1H3. The van der Waals surface area contributed by atoms with Gasteiger partial charge in [-0.2, -0.15) is 0 Å². The number of hydrogen-bond donors (Lipinski definition) is 0. The van der Waals surface area contributed by atoms with Crippen molar-refractivity contribution in [2.45, 2.75) is 24.2 Å². The SMILES string of the molecule is CN(CCCCCCl)S(=O)(=O)c1c(F)cc(F)cc1F. The molecule has 3 nitrogen and oxygen atoms in total. The predicted molar refractivity (Wildman–Crippen MR) is 70.7 cm³/mol. The first-order chi connectivity index (χ1) is 9.30. The van der Waals surface area contributed by atoms with Gasteiger partial charge in [-0.1, -0.05) is 6.42 Å². The number of unbranched alkanes of at least 4 members (excludes halogenated alkanes) is 2. The molecule has 0 unspecified atom stereocenters. The summed E-state index contributed by atoms with van der Waals surface area (Å²) in [6.45, 7) is 0.107. The topological polar surface area (TPSA) is 37.4 Å². The van der Waals surface area contributed by atoms with Gasteiger partial charge in [-0.3, -0.25) is 0 Å². The molecule has 0 aromatic heterocycles. The third kappa shape index (κ3) is 4.10. The van der Waals surface area contributed by atoms with Gasteiger partial charge in [0.2, 0.25) is 10.0 Å². The molecule has 0 amide bonds. The van der Waals surface area contributed by atoms with Crippen LogP contribution in [-0.4, -0.2) is 32.2 Å². The van der Waals surface area contributed by atoms with E-state index in [0.29, 0.717) is 30.9 Å². The fourth-order valence-electron chi connectivity index (χ4n) is 1.66. The minimum Gasteiger partial charge on any atom is -0.207 e. The Balaban J connectivity index is 2.93. The number of alkyl halides is 1. The Labute approximate surface area is 121 Å². The van der Waals surface area contributed by atoms with Gasteiger partial charge in [-0.25, -0.2) is 25.9 Å². The van der Waals surface area contributed by atoms with E-state index in [0.717, 1.165) is 10.7 Å². The molecule has 0 radical (unpaired) electrons. The lowest BCUT2D eigenvalue weighted by Crippen LogP contribution is -2.29. The van der Waals surface area contributed by atoms with Crippen LogP contribution in [0.5, 0.6) is 0 Å². The van der Waals surface area contributed by atoms with Crippen LogP contribution in [0.3, 0.4) is 0 Å². The molecule has 1 aromatic carbocycles. The highest BCUT2D eigenvalue weighted by molar-refractivity contribution is 7.89. The van der Waals surface area contributed by atoms with Crippen LogP contribution >= 0.6 is 11.6 Å². The van der Waals surface area contributed by atoms with E-state index in [1.54, 1.807) is 0 Å². The average molecular weight is 330 g/mol. The van der Waals surface area contributed by atoms with Crippen molar-refractivity contribution in [1.82, 2.24) is 4.31 Å². The Morgan fingerprint density at radius 1 is 1.10 bits per heavy atom. The highest BCUT2D eigenvalue weighted by atomic mass is 35.5. The zero-order valence-corrected chi connectivity index (χ0v) is 12.4. The Hall–Kier alpha value is -0.790. The van der Waals surface area contributed by atoms with Gasteiger partial charge in [0.15, 0.2) is 4.90 Å². The molecular weight excluding hydrogens is 315 g/mol. The van der Waals surface area contributed by atoms with Gasteiger partial charge < -0.3 is 0 Å². The molecule has 0 spiro atoms.